The lowest BCUT2D eigenvalue weighted by molar-refractivity contribution is -0.151. The van der Waals surface area contributed by atoms with Crippen LogP contribution in [0.15, 0.2) is 65.0 Å². The van der Waals surface area contributed by atoms with Crippen LogP contribution in [-0.2, 0) is 28.8 Å². The minimum absolute atomic E-state index is 0.00753. The van der Waals surface area contributed by atoms with Crippen molar-refractivity contribution in [3.05, 3.63) is 70.9 Å². The first kappa shape index (κ1) is 26.5. The molecule has 2 heterocycles. The van der Waals surface area contributed by atoms with Crippen molar-refractivity contribution in [1.82, 2.24) is 10.2 Å². The molecule has 2 aromatic rings. The Morgan fingerprint density at radius 1 is 1.15 bits per heavy atom. The molecular weight excluding hydrogens is 522 g/mol. The first-order chi connectivity index (χ1) is 18.8. The molecule has 11 heteroatoms. The lowest BCUT2D eigenvalue weighted by Crippen LogP contribution is -2.71. The lowest BCUT2D eigenvalue weighted by Gasteiger charge is -2.49. The van der Waals surface area contributed by atoms with Crippen molar-refractivity contribution in [2.24, 2.45) is 11.1 Å². The Bertz CT molecular complexity index is 1360. The van der Waals surface area contributed by atoms with Gasteiger partial charge in [0.25, 0.3) is 5.91 Å². The molecule has 0 bridgehead atoms. The molecule has 0 radical (unpaired) electrons. The largest absolute Gasteiger partial charge is 0.477 e. The summed E-state index contributed by atoms with van der Waals surface area (Å²) in [7, 11) is 0. The van der Waals surface area contributed by atoms with Gasteiger partial charge < -0.3 is 20.0 Å². The Labute approximate surface area is 229 Å². The summed E-state index contributed by atoms with van der Waals surface area (Å²) in [6.45, 7) is 2.70. The van der Waals surface area contributed by atoms with Gasteiger partial charge in [0.15, 0.2) is 0 Å². The maximum absolute atomic E-state index is 12.8. The number of ether oxygens (including phenoxy) is 1. The van der Waals surface area contributed by atoms with E-state index in [1.807, 2.05) is 24.3 Å². The highest BCUT2D eigenvalue weighted by molar-refractivity contribution is 8.00. The van der Waals surface area contributed by atoms with E-state index in [1.165, 1.54) is 18.7 Å². The molecule has 3 aliphatic rings. The average molecular weight is 550 g/mol. The fourth-order valence-corrected chi connectivity index (χ4v) is 6.30. The molecule has 1 unspecified atom stereocenters. The van der Waals surface area contributed by atoms with Crippen molar-refractivity contribution in [2.45, 2.75) is 31.2 Å². The maximum atomic E-state index is 12.8. The number of aliphatic carboxylic acids is 1. The average Bonchev–Trinajstić information content (AvgIpc) is 3.25. The van der Waals surface area contributed by atoms with Gasteiger partial charge in [-0.05, 0) is 22.3 Å². The number of nitrogens with one attached hydrogen (secondary N) is 1. The molecule has 0 aromatic heterocycles. The van der Waals surface area contributed by atoms with E-state index in [0.717, 1.165) is 27.2 Å². The molecule has 2 amide bonds. The van der Waals surface area contributed by atoms with Crippen molar-refractivity contribution in [1.29, 1.82) is 0 Å². The fourth-order valence-electron chi connectivity index (χ4n) is 4.97. The van der Waals surface area contributed by atoms with E-state index in [-0.39, 0.29) is 30.6 Å². The summed E-state index contributed by atoms with van der Waals surface area (Å²) < 4.78 is 4.93. The first-order valence-electron chi connectivity index (χ1n) is 12.4. The normalized spacial score (nSPS) is 20.6. The van der Waals surface area contributed by atoms with Gasteiger partial charge in [0, 0.05) is 24.2 Å². The van der Waals surface area contributed by atoms with Crippen LogP contribution in [0.2, 0.25) is 0 Å². The van der Waals surface area contributed by atoms with E-state index in [4.69, 9.17) is 9.57 Å². The van der Waals surface area contributed by atoms with Crippen LogP contribution < -0.4 is 5.32 Å². The van der Waals surface area contributed by atoms with Gasteiger partial charge in [0.2, 0.25) is 5.91 Å². The summed E-state index contributed by atoms with van der Waals surface area (Å²) in [6, 6.07) is 15.4. The van der Waals surface area contributed by atoms with Crippen molar-refractivity contribution in [3.8, 4) is 11.1 Å². The van der Waals surface area contributed by atoms with E-state index < -0.39 is 41.1 Å². The molecule has 2 aromatic carbocycles. The summed E-state index contributed by atoms with van der Waals surface area (Å²) >= 11 is 1.31. The van der Waals surface area contributed by atoms with Crippen molar-refractivity contribution in [3.63, 3.8) is 0 Å². The molecule has 5 rings (SSSR count). The van der Waals surface area contributed by atoms with Gasteiger partial charge >= 0.3 is 11.9 Å². The molecule has 3 atom stereocenters. The standard InChI is InChI=1S/C28H27N3O7S/c1-15(12-38-29-11-22-20-9-5-3-7-18(20)19-8-4-6-10-21(19)22)25(33)30-23-26(34)31-24(28(35)36)17(13-37-16(2)32)14-39-27(23)31/h3-11,15,22-23,27H,12-14H2,1-2H3,(H,30,33)(H,35,36)/b29-11+/t15-,23+,27?/m0/s1. The van der Waals surface area contributed by atoms with Crippen molar-refractivity contribution < 1.29 is 33.9 Å². The van der Waals surface area contributed by atoms with Crippen LogP contribution in [0.5, 0.6) is 0 Å². The topological polar surface area (TPSA) is 135 Å². The predicted molar refractivity (Wildman–Crippen MR) is 144 cm³/mol. The number of benzene rings is 2. The summed E-state index contributed by atoms with van der Waals surface area (Å²) in [5.41, 5.74) is 4.75. The van der Waals surface area contributed by atoms with Crippen LogP contribution in [0.4, 0.5) is 0 Å². The number of carbonyl (C=O) groups is 4. The lowest BCUT2D eigenvalue weighted by atomic mass is 9.99. The first-order valence-corrected chi connectivity index (χ1v) is 13.5. The number of amides is 2. The maximum Gasteiger partial charge on any atom is 0.352 e. The SMILES string of the molecule is CC(=O)OCC1=C(C(=O)O)N2C(=O)[C@@H](NC(=O)[C@@H](C)CO/N=C/C3c4ccccc4-c4ccccc43)C2SC1. The van der Waals surface area contributed by atoms with Crippen LogP contribution in [0.1, 0.15) is 30.9 Å². The molecule has 0 saturated carbocycles. The van der Waals surface area contributed by atoms with Gasteiger partial charge in [-0.3, -0.25) is 19.3 Å². The van der Waals surface area contributed by atoms with Gasteiger partial charge in [-0.2, -0.15) is 0 Å². The Hall–Kier alpha value is -4.12. The number of hydrogen-bond donors (Lipinski definition) is 2. The molecule has 202 valence electrons. The van der Waals surface area contributed by atoms with Crippen LogP contribution in [0, 0.1) is 5.92 Å². The Morgan fingerprint density at radius 2 is 1.79 bits per heavy atom. The van der Waals surface area contributed by atoms with Gasteiger partial charge in [0.05, 0.1) is 12.1 Å². The molecular formula is C28H27N3O7S. The van der Waals surface area contributed by atoms with Crippen molar-refractivity contribution >= 4 is 41.7 Å². The van der Waals surface area contributed by atoms with Gasteiger partial charge in [-0.25, -0.2) is 4.79 Å². The summed E-state index contributed by atoms with van der Waals surface area (Å²) in [5.74, 6) is -3.14. The number of rotatable bonds is 9. The number of thioether (sulfide) groups is 1. The minimum atomic E-state index is -1.28. The monoisotopic (exact) mass is 549 g/mol. The third-order valence-electron chi connectivity index (χ3n) is 6.94. The minimum Gasteiger partial charge on any atom is -0.477 e. The quantitative estimate of drug-likeness (QED) is 0.211. The second-order valence-corrected chi connectivity index (χ2v) is 10.6. The Morgan fingerprint density at radius 3 is 2.41 bits per heavy atom. The summed E-state index contributed by atoms with van der Waals surface area (Å²) in [5, 5.41) is 16.0. The smallest absolute Gasteiger partial charge is 0.352 e. The number of hydrogen-bond acceptors (Lipinski definition) is 8. The molecule has 1 fully saturated rings. The highest BCUT2D eigenvalue weighted by atomic mass is 32.2. The van der Waals surface area contributed by atoms with Gasteiger partial charge in [0.1, 0.15) is 30.3 Å². The number of carboxylic acids is 1. The van der Waals surface area contributed by atoms with E-state index in [2.05, 4.69) is 34.7 Å². The van der Waals surface area contributed by atoms with Crippen LogP contribution >= 0.6 is 11.8 Å². The molecule has 1 saturated heterocycles. The molecule has 39 heavy (non-hydrogen) atoms. The molecule has 2 N–H and O–H groups in total. The third kappa shape index (κ3) is 5.01. The number of fused-ring (bicyclic) bond motifs is 4. The Balaban J connectivity index is 1.17. The number of esters is 1. The zero-order chi connectivity index (χ0) is 27.7. The zero-order valence-corrected chi connectivity index (χ0v) is 22.1. The van der Waals surface area contributed by atoms with Gasteiger partial charge in [-0.15, -0.1) is 11.8 Å². The van der Waals surface area contributed by atoms with Crippen molar-refractivity contribution in [2.75, 3.05) is 19.0 Å². The van der Waals surface area contributed by atoms with Crippen LogP contribution in [0.3, 0.4) is 0 Å². The summed E-state index contributed by atoms with van der Waals surface area (Å²) in [6.07, 6.45) is 1.73. The number of carboxylic acid groups (broad SMARTS) is 1. The highest BCUT2D eigenvalue weighted by Gasteiger charge is 2.54. The Kier molecular flexibility index (Phi) is 7.42. The second-order valence-electron chi connectivity index (χ2n) is 9.54. The number of oxime groups is 1. The number of carbonyl (C=O) groups excluding carboxylic acids is 3. The molecule has 10 nitrogen and oxygen atoms in total. The van der Waals surface area contributed by atoms with Gasteiger partial charge in [-0.1, -0.05) is 60.6 Å². The van der Waals surface area contributed by atoms with Crippen LogP contribution in [-0.4, -0.2) is 70.4 Å². The zero-order valence-electron chi connectivity index (χ0n) is 21.3. The van der Waals surface area contributed by atoms with E-state index in [1.54, 1.807) is 13.1 Å². The third-order valence-corrected chi connectivity index (χ3v) is 8.28. The predicted octanol–water partition coefficient (Wildman–Crippen LogP) is 2.74. The fraction of sp³-hybridized carbons (Fsp3) is 0.321. The molecule has 1 aliphatic carbocycles. The molecule has 0 spiro atoms. The van der Waals surface area contributed by atoms with E-state index in [9.17, 15) is 24.3 Å². The highest BCUT2D eigenvalue weighted by Crippen LogP contribution is 2.43. The second kappa shape index (κ2) is 10.9. The number of nitrogens with zero attached hydrogens (tertiary/aromatic N) is 2. The molecule has 2 aliphatic heterocycles. The number of β-lactam (4-membered cyclic amide) rings is 1. The summed E-state index contributed by atoms with van der Waals surface area (Å²) in [4.78, 5) is 55.2. The van der Waals surface area contributed by atoms with Crippen LogP contribution in [0.25, 0.3) is 11.1 Å². The van der Waals surface area contributed by atoms with E-state index >= 15 is 0 Å². The van der Waals surface area contributed by atoms with E-state index in [0.29, 0.717) is 5.57 Å².